The van der Waals surface area contributed by atoms with Crippen LogP contribution in [-0.2, 0) is 36.8 Å². The molecule has 0 aliphatic carbocycles. The maximum absolute atomic E-state index is 13.5. The predicted molar refractivity (Wildman–Crippen MR) is 154 cm³/mol. The minimum Gasteiger partial charge on any atom is -0.508 e. The number of hydrogen-bond donors (Lipinski definition) is 8. The number of phenolic OH excluding ortho intramolecular Hbond substituents is 1. The summed E-state index contributed by atoms with van der Waals surface area (Å²) in [7, 11) is 0. The van der Waals surface area contributed by atoms with Crippen molar-refractivity contribution in [2.75, 3.05) is 0 Å². The summed E-state index contributed by atoms with van der Waals surface area (Å²) in [6, 6.07) is 8.32. The van der Waals surface area contributed by atoms with E-state index in [1.54, 1.807) is 32.2 Å². The molecule has 4 atom stereocenters. The van der Waals surface area contributed by atoms with Crippen molar-refractivity contribution in [1.29, 1.82) is 0 Å². The number of nitrogens with two attached hydrogens (primary N) is 2. The molecule has 0 saturated heterocycles. The Hall–Kier alpha value is -4.91. The van der Waals surface area contributed by atoms with Crippen molar-refractivity contribution in [1.82, 2.24) is 20.9 Å². The SMILES string of the molecule is CC(C)C(NC(=O)C(N)CC(N)=O)C(=O)NC(Cc1c[nH]c2ccccc12)C(=O)NC(Cc1ccc(O)cc1)C(=O)O. The highest BCUT2D eigenvalue weighted by Crippen LogP contribution is 2.20. The van der Waals surface area contributed by atoms with Crippen LogP contribution >= 0.6 is 0 Å². The van der Waals surface area contributed by atoms with E-state index in [9.17, 15) is 34.2 Å². The van der Waals surface area contributed by atoms with E-state index in [2.05, 4.69) is 20.9 Å². The van der Waals surface area contributed by atoms with E-state index in [0.717, 1.165) is 10.9 Å². The van der Waals surface area contributed by atoms with Crippen LogP contribution in [0.15, 0.2) is 54.7 Å². The van der Waals surface area contributed by atoms with Crippen molar-refractivity contribution in [2.45, 2.75) is 57.3 Å². The Morgan fingerprint density at radius 1 is 0.857 bits per heavy atom. The molecule has 2 aromatic carbocycles. The summed E-state index contributed by atoms with van der Waals surface area (Å²) in [6.45, 7) is 3.36. The normalized spacial score (nSPS) is 14.0. The Morgan fingerprint density at radius 2 is 1.50 bits per heavy atom. The zero-order chi connectivity index (χ0) is 31.0. The number of phenols is 1. The molecule has 0 fully saturated rings. The maximum atomic E-state index is 13.5. The fraction of sp³-hybridized carbons (Fsp3) is 0.345. The van der Waals surface area contributed by atoms with Gasteiger partial charge in [0.1, 0.15) is 23.9 Å². The van der Waals surface area contributed by atoms with Gasteiger partial charge in [0.25, 0.3) is 0 Å². The first-order valence-electron chi connectivity index (χ1n) is 13.4. The molecule has 42 heavy (non-hydrogen) atoms. The van der Waals surface area contributed by atoms with Crippen LogP contribution in [0.25, 0.3) is 10.9 Å². The number of amides is 4. The summed E-state index contributed by atoms with van der Waals surface area (Å²) in [5, 5.41) is 27.9. The molecule has 0 spiro atoms. The number of rotatable bonds is 14. The lowest BCUT2D eigenvalue weighted by Gasteiger charge is -2.27. The van der Waals surface area contributed by atoms with E-state index < -0.39 is 66.1 Å². The van der Waals surface area contributed by atoms with Crippen LogP contribution in [-0.4, -0.2) is 69.0 Å². The van der Waals surface area contributed by atoms with Crippen molar-refractivity contribution in [3.8, 4) is 5.75 Å². The molecule has 224 valence electrons. The van der Waals surface area contributed by atoms with Gasteiger partial charge in [0.15, 0.2) is 0 Å². The number of benzene rings is 2. The average molecular weight is 581 g/mol. The Kier molecular flexibility index (Phi) is 10.6. The number of aromatic nitrogens is 1. The molecule has 1 heterocycles. The summed E-state index contributed by atoms with van der Waals surface area (Å²) in [5.41, 5.74) is 12.9. The van der Waals surface area contributed by atoms with E-state index in [1.807, 2.05) is 24.3 Å². The van der Waals surface area contributed by atoms with Crippen molar-refractivity contribution in [2.24, 2.45) is 17.4 Å². The lowest BCUT2D eigenvalue weighted by atomic mass is 9.99. The number of fused-ring (bicyclic) bond motifs is 1. The maximum Gasteiger partial charge on any atom is 0.326 e. The van der Waals surface area contributed by atoms with Crippen molar-refractivity contribution >= 4 is 40.5 Å². The van der Waals surface area contributed by atoms with Gasteiger partial charge in [0, 0.05) is 29.9 Å². The van der Waals surface area contributed by atoms with Crippen LogP contribution in [0.2, 0.25) is 0 Å². The molecule has 3 aromatic rings. The number of aromatic hydroxyl groups is 1. The molecule has 0 radical (unpaired) electrons. The summed E-state index contributed by atoms with van der Waals surface area (Å²) in [4.78, 5) is 65.9. The van der Waals surface area contributed by atoms with Crippen LogP contribution in [0, 0.1) is 5.92 Å². The number of para-hydroxylation sites is 1. The Labute approximate surface area is 242 Å². The number of hydrogen-bond acceptors (Lipinski definition) is 7. The first kappa shape index (κ1) is 31.6. The molecule has 13 heteroatoms. The summed E-state index contributed by atoms with van der Waals surface area (Å²) in [6.07, 6.45) is 1.22. The van der Waals surface area contributed by atoms with Gasteiger partial charge in [0.05, 0.1) is 12.5 Å². The van der Waals surface area contributed by atoms with Gasteiger partial charge >= 0.3 is 5.97 Å². The van der Waals surface area contributed by atoms with Gasteiger partial charge in [-0.15, -0.1) is 0 Å². The molecule has 13 nitrogen and oxygen atoms in total. The highest BCUT2D eigenvalue weighted by atomic mass is 16.4. The third-order valence-corrected chi connectivity index (χ3v) is 6.73. The number of H-pyrrole nitrogens is 1. The minimum atomic E-state index is -1.34. The van der Waals surface area contributed by atoms with Gasteiger partial charge in [-0.05, 0) is 35.2 Å². The molecule has 1 aromatic heterocycles. The number of aliphatic carboxylic acids is 1. The average Bonchev–Trinajstić information content (AvgIpc) is 3.33. The van der Waals surface area contributed by atoms with Crippen molar-refractivity contribution in [3.05, 3.63) is 65.9 Å². The van der Waals surface area contributed by atoms with E-state index in [4.69, 9.17) is 11.5 Å². The van der Waals surface area contributed by atoms with Crippen molar-refractivity contribution < 1.29 is 34.2 Å². The van der Waals surface area contributed by atoms with Gasteiger partial charge in [-0.25, -0.2) is 4.79 Å². The topological polar surface area (TPSA) is 230 Å². The summed E-state index contributed by atoms with van der Waals surface area (Å²) < 4.78 is 0. The fourth-order valence-corrected chi connectivity index (χ4v) is 4.44. The van der Waals surface area contributed by atoms with E-state index >= 15 is 0 Å². The van der Waals surface area contributed by atoms with Crippen molar-refractivity contribution in [3.63, 3.8) is 0 Å². The number of carbonyl (C=O) groups excluding carboxylic acids is 4. The van der Waals surface area contributed by atoms with E-state index in [1.165, 1.54) is 12.1 Å². The largest absolute Gasteiger partial charge is 0.508 e. The van der Waals surface area contributed by atoms with Gasteiger partial charge < -0.3 is 42.6 Å². The van der Waals surface area contributed by atoms with Crippen LogP contribution in [0.1, 0.15) is 31.4 Å². The van der Waals surface area contributed by atoms with E-state index in [-0.39, 0.29) is 18.6 Å². The molecule has 0 bridgehead atoms. The molecule has 10 N–H and O–H groups in total. The standard InChI is InChI=1S/C29H36N6O7/c1-15(2)25(35-26(38)20(30)13-24(31)37)28(40)33-22(12-17-14-32-21-6-4-3-5-19(17)21)27(39)34-23(29(41)42)11-16-7-9-18(36)10-8-16/h3-10,14-15,20,22-23,25,32,36H,11-13,30H2,1-2H3,(H2,31,37)(H,33,40)(H,34,39)(H,35,38)(H,41,42). The van der Waals surface area contributed by atoms with Crippen LogP contribution < -0.4 is 27.4 Å². The minimum absolute atomic E-state index is 0.00703. The number of aromatic amines is 1. The van der Waals surface area contributed by atoms with Crippen LogP contribution in [0.3, 0.4) is 0 Å². The summed E-state index contributed by atoms with van der Waals surface area (Å²) >= 11 is 0. The second-order valence-electron chi connectivity index (χ2n) is 10.4. The molecule has 0 saturated carbocycles. The fourth-order valence-electron chi connectivity index (χ4n) is 4.44. The number of nitrogens with one attached hydrogen (secondary N) is 4. The number of carboxylic acids is 1. The second-order valence-corrected chi connectivity index (χ2v) is 10.4. The Balaban J connectivity index is 1.85. The lowest BCUT2D eigenvalue weighted by molar-refractivity contribution is -0.142. The molecule has 3 rings (SSSR count). The highest BCUT2D eigenvalue weighted by Gasteiger charge is 2.32. The molecular formula is C29H36N6O7. The van der Waals surface area contributed by atoms with E-state index in [0.29, 0.717) is 11.1 Å². The number of carboxylic acid groups (broad SMARTS) is 1. The molecule has 4 unspecified atom stereocenters. The third kappa shape index (κ3) is 8.54. The first-order chi connectivity index (χ1) is 19.8. The quantitative estimate of drug-likeness (QED) is 0.130. The highest BCUT2D eigenvalue weighted by molar-refractivity contribution is 5.95. The Bertz CT molecular complexity index is 1440. The zero-order valence-electron chi connectivity index (χ0n) is 23.3. The van der Waals surface area contributed by atoms with Crippen LogP contribution in [0.4, 0.5) is 0 Å². The number of primary amides is 1. The second kappa shape index (κ2) is 14.1. The van der Waals surface area contributed by atoms with Gasteiger partial charge in [-0.1, -0.05) is 44.2 Å². The van der Waals surface area contributed by atoms with Gasteiger partial charge in [-0.3, -0.25) is 19.2 Å². The predicted octanol–water partition coefficient (Wildman–Crippen LogP) is 0.0564. The first-order valence-corrected chi connectivity index (χ1v) is 13.4. The Morgan fingerprint density at radius 3 is 2.12 bits per heavy atom. The van der Waals surface area contributed by atoms with Gasteiger partial charge in [-0.2, -0.15) is 0 Å². The monoisotopic (exact) mass is 580 g/mol. The smallest absolute Gasteiger partial charge is 0.326 e. The summed E-state index contributed by atoms with van der Waals surface area (Å²) in [5.74, 6) is -4.70. The van der Waals surface area contributed by atoms with Gasteiger partial charge in [0.2, 0.25) is 23.6 Å². The number of carbonyl (C=O) groups is 5. The third-order valence-electron chi connectivity index (χ3n) is 6.73. The lowest BCUT2D eigenvalue weighted by Crippen LogP contribution is -2.59. The van der Waals surface area contributed by atoms with Crippen LogP contribution in [0.5, 0.6) is 5.75 Å². The molecular weight excluding hydrogens is 544 g/mol. The zero-order valence-corrected chi connectivity index (χ0v) is 23.3. The molecule has 4 amide bonds. The molecule has 0 aliphatic rings. The molecule has 0 aliphatic heterocycles.